The molecule has 4 rings (SSSR count). The Kier molecular flexibility index (Phi) is 7.64. The Hall–Kier alpha value is -3.59. The number of benzene rings is 2. The molecule has 0 amide bonds. The molecule has 3 aromatic rings. The molecule has 0 radical (unpaired) electrons. The number of nitrogens with zero attached hydrogens (tertiary/aromatic N) is 1. The Bertz CT molecular complexity index is 1170. The number of thiazole rings is 1. The highest BCUT2D eigenvalue weighted by molar-refractivity contribution is 7.13. The summed E-state index contributed by atoms with van der Waals surface area (Å²) in [4.78, 5) is 29.2. The van der Waals surface area contributed by atoms with E-state index in [-0.39, 0.29) is 25.2 Å². The van der Waals surface area contributed by atoms with Crippen molar-refractivity contribution < 1.29 is 33.3 Å². The van der Waals surface area contributed by atoms with Crippen LogP contribution in [0.3, 0.4) is 0 Å². The SMILES string of the molecule is CCOc1ccc(-c2nc(COC(=O)CCC(=O)c3ccc4c(c3)OCCO4)cs2)cc1OC. The van der Waals surface area contributed by atoms with E-state index in [1.54, 1.807) is 25.3 Å². The normalized spacial score (nSPS) is 12.2. The van der Waals surface area contributed by atoms with E-state index in [9.17, 15) is 9.59 Å². The largest absolute Gasteiger partial charge is 0.493 e. The number of carbonyl (C=O) groups is 2. The Morgan fingerprint density at radius 2 is 1.85 bits per heavy atom. The predicted molar refractivity (Wildman–Crippen MR) is 126 cm³/mol. The Balaban J connectivity index is 1.28. The number of aromatic nitrogens is 1. The van der Waals surface area contributed by atoms with Gasteiger partial charge in [-0.25, -0.2) is 4.98 Å². The van der Waals surface area contributed by atoms with Gasteiger partial charge in [0.05, 0.1) is 25.8 Å². The lowest BCUT2D eigenvalue weighted by molar-refractivity contribution is -0.145. The van der Waals surface area contributed by atoms with Crippen LogP contribution in [0.1, 0.15) is 35.8 Å². The molecule has 34 heavy (non-hydrogen) atoms. The molecule has 178 valence electrons. The van der Waals surface area contributed by atoms with E-state index in [1.807, 2.05) is 30.5 Å². The van der Waals surface area contributed by atoms with Crippen LogP contribution in [0.15, 0.2) is 41.8 Å². The van der Waals surface area contributed by atoms with Crippen molar-refractivity contribution in [2.24, 2.45) is 0 Å². The molecule has 0 N–H and O–H groups in total. The molecule has 2 heterocycles. The van der Waals surface area contributed by atoms with Crippen LogP contribution in [0.25, 0.3) is 10.6 Å². The van der Waals surface area contributed by atoms with Crippen molar-refractivity contribution in [3.63, 3.8) is 0 Å². The molecule has 1 aromatic heterocycles. The molecule has 1 aliphatic heterocycles. The molecular formula is C25H25NO7S. The van der Waals surface area contributed by atoms with Crippen LogP contribution in [0.4, 0.5) is 0 Å². The van der Waals surface area contributed by atoms with Crippen molar-refractivity contribution in [3.8, 4) is 33.6 Å². The number of carbonyl (C=O) groups excluding carboxylic acids is 2. The van der Waals surface area contributed by atoms with Crippen LogP contribution in [0.2, 0.25) is 0 Å². The summed E-state index contributed by atoms with van der Waals surface area (Å²) in [6.07, 6.45) is 0.0348. The lowest BCUT2D eigenvalue weighted by Gasteiger charge is -2.18. The second-order valence-corrected chi connectivity index (χ2v) is 8.24. The van der Waals surface area contributed by atoms with Crippen LogP contribution in [0.5, 0.6) is 23.0 Å². The molecule has 0 saturated carbocycles. The zero-order valence-corrected chi connectivity index (χ0v) is 19.8. The van der Waals surface area contributed by atoms with Gasteiger partial charge in [-0.05, 0) is 43.3 Å². The average molecular weight is 484 g/mol. The second kappa shape index (κ2) is 11.0. The molecule has 0 aliphatic carbocycles. The fourth-order valence-electron chi connectivity index (χ4n) is 3.38. The minimum absolute atomic E-state index is 0.0135. The minimum Gasteiger partial charge on any atom is -0.493 e. The summed E-state index contributed by atoms with van der Waals surface area (Å²) in [5.41, 5.74) is 2.00. The maximum Gasteiger partial charge on any atom is 0.306 e. The van der Waals surface area contributed by atoms with Crippen LogP contribution < -0.4 is 18.9 Å². The number of fused-ring (bicyclic) bond motifs is 1. The lowest BCUT2D eigenvalue weighted by Crippen LogP contribution is -2.16. The average Bonchev–Trinajstić information content (AvgIpc) is 3.35. The fourth-order valence-corrected chi connectivity index (χ4v) is 4.19. The smallest absolute Gasteiger partial charge is 0.306 e. The molecule has 9 heteroatoms. The number of hydrogen-bond donors (Lipinski definition) is 0. The van der Waals surface area contributed by atoms with Crippen molar-refractivity contribution in [2.75, 3.05) is 26.9 Å². The molecule has 0 saturated heterocycles. The first kappa shape index (κ1) is 23.6. The summed E-state index contributed by atoms with van der Waals surface area (Å²) < 4.78 is 27.2. The number of Topliss-reactive ketones (excluding diaryl/α,β-unsaturated/α-hetero) is 1. The predicted octanol–water partition coefficient (Wildman–Crippen LogP) is 4.69. The van der Waals surface area contributed by atoms with Crippen molar-refractivity contribution in [2.45, 2.75) is 26.4 Å². The van der Waals surface area contributed by atoms with E-state index in [2.05, 4.69) is 4.98 Å². The Labute approximate surface area is 201 Å². The van der Waals surface area contributed by atoms with Gasteiger partial charge in [0.25, 0.3) is 0 Å². The van der Waals surface area contributed by atoms with Gasteiger partial charge in [0.2, 0.25) is 0 Å². The van der Waals surface area contributed by atoms with E-state index in [1.165, 1.54) is 11.3 Å². The third-order valence-corrected chi connectivity index (χ3v) is 6.00. The summed E-state index contributed by atoms with van der Waals surface area (Å²) in [6.45, 7) is 3.44. The molecule has 1 aliphatic rings. The van der Waals surface area contributed by atoms with Gasteiger partial charge in [-0.2, -0.15) is 0 Å². The second-order valence-electron chi connectivity index (χ2n) is 7.38. The highest BCUT2D eigenvalue weighted by Crippen LogP contribution is 2.34. The molecule has 0 bridgehead atoms. The van der Waals surface area contributed by atoms with Gasteiger partial charge in [0, 0.05) is 22.9 Å². The van der Waals surface area contributed by atoms with Crippen molar-refractivity contribution >= 4 is 23.1 Å². The van der Waals surface area contributed by atoms with Crippen LogP contribution >= 0.6 is 11.3 Å². The lowest BCUT2D eigenvalue weighted by atomic mass is 10.1. The van der Waals surface area contributed by atoms with E-state index in [0.29, 0.717) is 54.1 Å². The van der Waals surface area contributed by atoms with Gasteiger partial charge in [0.15, 0.2) is 28.8 Å². The van der Waals surface area contributed by atoms with Crippen LogP contribution in [-0.4, -0.2) is 43.7 Å². The number of ether oxygens (including phenoxy) is 5. The third-order valence-electron chi connectivity index (χ3n) is 5.06. The first-order valence-corrected chi connectivity index (χ1v) is 11.8. The molecular weight excluding hydrogens is 458 g/mol. The summed E-state index contributed by atoms with van der Waals surface area (Å²) in [5.74, 6) is 1.85. The van der Waals surface area contributed by atoms with E-state index < -0.39 is 5.97 Å². The van der Waals surface area contributed by atoms with Crippen molar-refractivity contribution in [3.05, 3.63) is 53.0 Å². The van der Waals surface area contributed by atoms with Crippen LogP contribution in [-0.2, 0) is 16.1 Å². The molecule has 0 atom stereocenters. The topological polar surface area (TPSA) is 93.2 Å². The number of rotatable bonds is 10. The molecule has 0 fully saturated rings. The highest BCUT2D eigenvalue weighted by Gasteiger charge is 2.17. The third kappa shape index (κ3) is 5.66. The van der Waals surface area contributed by atoms with Gasteiger partial charge in [-0.1, -0.05) is 0 Å². The molecule has 2 aromatic carbocycles. The fraction of sp³-hybridized carbons (Fsp3) is 0.320. The first-order chi connectivity index (χ1) is 16.6. The van der Waals surface area contributed by atoms with E-state index in [0.717, 1.165) is 10.6 Å². The van der Waals surface area contributed by atoms with Gasteiger partial charge in [-0.15, -0.1) is 11.3 Å². The van der Waals surface area contributed by atoms with Crippen molar-refractivity contribution in [1.29, 1.82) is 0 Å². The summed E-state index contributed by atoms with van der Waals surface area (Å²) in [6, 6.07) is 10.6. The van der Waals surface area contributed by atoms with Gasteiger partial charge >= 0.3 is 5.97 Å². The zero-order chi connectivity index (χ0) is 23.9. The van der Waals surface area contributed by atoms with E-state index >= 15 is 0 Å². The Morgan fingerprint density at radius 1 is 1.03 bits per heavy atom. The summed E-state index contributed by atoms with van der Waals surface area (Å²) in [7, 11) is 1.59. The van der Waals surface area contributed by atoms with Gasteiger partial charge < -0.3 is 23.7 Å². The standard InChI is InChI=1S/C25H25NO7S/c1-3-30-20-8-5-17(13-22(20)29-2)25-26-18(15-34-25)14-33-24(28)9-6-19(27)16-4-7-21-23(12-16)32-11-10-31-21/h4-5,7-8,12-13,15H,3,6,9-11,14H2,1-2H3. The summed E-state index contributed by atoms with van der Waals surface area (Å²) in [5, 5.41) is 2.62. The number of methoxy groups -OCH3 is 1. The van der Waals surface area contributed by atoms with Crippen molar-refractivity contribution in [1.82, 2.24) is 4.98 Å². The van der Waals surface area contributed by atoms with Gasteiger partial charge in [0.1, 0.15) is 24.8 Å². The molecule has 0 spiro atoms. The van der Waals surface area contributed by atoms with Gasteiger partial charge in [-0.3, -0.25) is 9.59 Å². The highest BCUT2D eigenvalue weighted by atomic mass is 32.1. The number of hydrogen-bond acceptors (Lipinski definition) is 9. The zero-order valence-electron chi connectivity index (χ0n) is 19.0. The maximum absolute atomic E-state index is 12.5. The molecule has 8 nitrogen and oxygen atoms in total. The summed E-state index contributed by atoms with van der Waals surface area (Å²) >= 11 is 1.44. The number of esters is 1. The quantitative estimate of drug-likeness (QED) is 0.303. The first-order valence-electron chi connectivity index (χ1n) is 10.9. The van der Waals surface area contributed by atoms with Crippen LogP contribution in [0, 0.1) is 0 Å². The maximum atomic E-state index is 12.5. The number of ketones is 1. The minimum atomic E-state index is -0.455. The van der Waals surface area contributed by atoms with E-state index in [4.69, 9.17) is 23.7 Å². The monoisotopic (exact) mass is 483 g/mol. The molecule has 0 unspecified atom stereocenters. The Morgan fingerprint density at radius 3 is 2.65 bits per heavy atom.